The Hall–Kier alpha value is -2.17. The number of rotatable bonds is 3. The minimum absolute atomic E-state index is 0.417. The van der Waals surface area contributed by atoms with Gasteiger partial charge in [-0.3, -0.25) is 9.58 Å². The summed E-state index contributed by atoms with van der Waals surface area (Å²) in [6, 6.07) is 15.7. The van der Waals surface area contributed by atoms with Crippen LogP contribution in [0.15, 0.2) is 42.5 Å². The zero-order chi connectivity index (χ0) is 17.4. The summed E-state index contributed by atoms with van der Waals surface area (Å²) in [5.74, 6) is 0. The van der Waals surface area contributed by atoms with E-state index in [1.54, 1.807) is 0 Å². The zero-order valence-electron chi connectivity index (χ0n) is 15.2. The maximum Gasteiger partial charge on any atom is 0.100 e. The Labute approximate surface area is 149 Å². The van der Waals surface area contributed by atoms with Crippen molar-refractivity contribution in [2.24, 2.45) is 7.05 Å². The Morgan fingerprint density at radius 3 is 2.48 bits per heavy atom. The number of morpholine rings is 1. The highest BCUT2D eigenvalue weighted by molar-refractivity contribution is 5.95. The van der Waals surface area contributed by atoms with Crippen LogP contribution in [-0.2, 0) is 11.8 Å². The molecule has 0 spiro atoms. The number of aryl methyl sites for hydroxylation is 2. The van der Waals surface area contributed by atoms with Crippen LogP contribution < -0.4 is 0 Å². The second-order valence-corrected chi connectivity index (χ2v) is 6.89. The van der Waals surface area contributed by atoms with Crippen LogP contribution in [0.2, 0.25) is 0 Å². The summed E-state index contributed by atoms with van der Waals surface area (Å²) in [6.07, 6.45) is 0. The van der Waals surface area contributed by atoms with Crippen molar-refractivity contribution in [1.82, 2.24) is 14.7 Å². The van der Waals surface area contributed by atoms with Gasteiger partial charge < -0.3 is 4.74 Å². The van der Waals surface area contributed by atoms with Gasteiger partial charge in [0.25, 0.3) is 0 Å². The van der Waals surface area contributed by atoms with Gasteiger partial charge in [0.2, 0.25) is 0 Å². The fraction of sp³-hybridized carbons (Fsp3) is 0.381. The van der Waals surface area contributed by atoms with Crippen LogP contribution in [0, 0.1) is 6.92 Å². The number of hydrogen-bond acceptors (Lipinski definition) is 3. The average molecular weight is 335 g/mol. The lowest BCUT2D eigenvalue weighted by atomic mass is 10.0. The van der Waals surface area contributed by atoms with E-state index in [2.05, 4.69) is 61.2 Å². The lowest BCUT2D eigenvalue weighted by molar-refractivity contribution is 0.0198. The lowest BCUT2D eigenvalue weighted by Gasteiger charge is -2.32. The van der Waals surface area contributed by atoms with Crippen molar-refractivity contribution in [1.29, 1.82) is 0 Å². The zero-order valence-corrected chi connectivity index (χ0v) is 15.2. The molecule has 2 aromatic carbocycles. The van der Waals surface area contributed by atoms with Gasteiger partial charge in [-0.1, -0.05) is 36.4 Å². The molecule has 4 rings (SSSR count). The predicted molar refractivity (Wildman–Crippen MR) is 102 cm³/mol. The molecule has 1 saturated heterocycles. The molecule has 0 saturated carbocycles. The Balaban J connectivity index is 1.67. The summed E-state index contributed by atoms with van der Waals surface area (Å²) in [5, 5.41) is 6.02. The summed E-state index contributed by atoms with van der Waals surface area (Å²) < 4.78 is 7.44. The molecule has 1 fully saturated rings. The fourth-order valence-corrected chi connectivity index (χ4v) is 3.78. The van der Waals surface area contributed by atoms with Gasteiger partial charge in [-0.05, 0) is 31.0 Å². The third-order valence-electron chi connectivity index (χ3n) is 5.35. The SMILES string of the molecule is Cc1cccc2c1c(-c1ccc([C@@H](C)N3CCOCC3)cc1)nn2C. The Morgan fingerprint density at radius 2 is 1.76 bits per heavy atom. The van der Waals surface area contributed by atoms with Gasteiger partial charge in [0, 0.05) is 37.1 Å². The largest absolute Gasteiger partial charge is 0.379 e. The van der Waals surface area contributed by atoms with E-state index in [1.165, 1.54) is 27.6 Å². The maximum atomic E-state index is 5.46. The van der Waals surface area contributed by atoms with Crippen molar-refractivity contribution in [2.75, 3.05) is 26.3 Å². The third kappa shape index (κ3) is 2.96. The van der Waals surface area contributed by atoms with E-state index in [0.29, 0.717) is 6.04 Å². The molecule has 4 nitrogen and oxygen atoms in total. The van der Waals surface area contributed by atoms with Gasteiger partial charge in [-0.2, -0.15) is 5.10 Å². The summed E-state index contributed by atoms with van der Waals surface area (Å²) in [6.45, 7) is 8.12. The first-order chi connectivity index (χ1) is 12.1. The first-order valence-electron chi connectivity index (χ1n) is 8.99. The monoisotopic (exact) mass is 335 g/mol. The van der Waals surface area contributed by atoms with Gasteiger partial charge in [0.15, 0.2) is 0 Å². The number of fused-ring (bicyclic) bond motifs is 1. The summed E-state index contributed by atoms with van der Waals surface area (Å²) in [7, 11) is 2.01. The van der Waals surface area contributed by atoms with Crippen molar-refractivity contribution < 1.29 is 4.74 Å². The number of nitrogens with zero attached hydrogens (tertiary/aromatic N) is 3. The number of ether oxygens (including phenoxy) is 1. The molecule has 1 aromatic heterocycles. The molecule has 130 valence electrons. The van der Waals surface area contributed by atoms with Crippen molar-refractivity contribution in [3.05, 3.63) is 53.6 Å². The van der Waals surface area contributed by atoms with Crippen molar-refractivity contribution >= 4 is 10.9 Å². The highest BCUT2D eigenvalue weighted by Gasteiger charge is 2.19. The highest BCUT2D eigenvalue weighted by atomic mass is 16.5. The molecule has 1 aliphatic rings. The van der Waals surface area contributed by atoms with Gasteiger partial charge >= 0.3 is 0 Å². The van der Waals surface area contributed by atoms with Crippen LogP contribution in [0.5, 0.6) is 0 Å². The molecule has 0 bridgehead atoms. The first kappa shape index (κ1) is 16.3. The molecule has 3 aromatic rings. The molecule has 4 heteroatoms. The second-order valence-electron chi connectivity index (χ2n) is 6.89. The molecule has 25 heavy (non-hydrogen) atoms. The van der Waals surface area contributed by atoms with E-state index in [-0.39, 0.29) is 0 Å². The van der Waals surface area contributed by atoms with Crippen LogP contribution in [-0.4, -0.2) is 41.0 Å². The molecule has 0 unspecified atom stereocenters. The minimum atomic E-state index is 0.417. The van der Waals surface area contributed by atoms with Gasteiger partial charge in [-0.25, -0.2) is 0 Å². The van der Waals surface area contributed by atoms with E-state index in [9.17, 15) is 0 Å². The normalized spacial score (nSPS) is 17.1. The van der Waals surface area contributed by atoms with Gasteiger partial charge in [-0.15, -0.1) is 0 Å². The molecule has 0 aliphatic carbocycles. The second kappa shape index (κ2) is 6.62. The summed E-state index contributed by atoms with van der Waals surface area (Å²) >= 11 is 0. The van der Waals surface area contributed by atoms with Crippen molar-refractivity contribution in [3.63, 3.8) is 0 Å². The smallest absolute Gasteiger partial charge is 0.100 e. The summed E-state index contributed by atoms with van der Waals surface area (Å²) in [4.78, 5) is 2.48. The standard InChI is InChI=1S/C21H25N3O/c1-15-5-4-6-19-20(15)21(22-23(19)3)18-9-7-17(8-10-18)16(2)24-11-13-25-14-12-24/h4-10,16H,11-14H2,1-3H3/t16-/m1/s1. The molecular weight excluding hydrogens is 310 g/mol. The van der Waals surface area contributed by atoms with E-state index in [0.717, 1.165) is 32.0 Å². The molecule has 0 radical (unpaired) electrons. The van der Waals surface area contributed by atoms with Crippen molar-refractivity contribution in [3.8, 4) is 11.3 Å². The summed E-state index contributed by atoms with van der Waals surface area (Å²) in [5.41, 5.74) is 6.05. The van der Waals surface area contributed by atoms with E-state index in [4.69, 9.17) is 9.84 Å². The van der Waals surface area contributed by atoms with Crippen LogP contribution in [0.25, 0.3) is 22.2 Å². The molecule has 1 atom stereocenters. The Kier molecular flexibility index (Phi) is 4.32. The van der Waals surface area contributed by atoms with Gasteiger partial charge in [0.05, 0.1) is 18.7 Å². The molecule has 0 N–H and O–H groups in total. The van der Waals surface area contributed by atoms with Crippen LogP contribution in [0.4, 0.5) is 0 Å². The minimum Gasteiger partial charge on any atom is -0.379 e. The Bertz CT molecular complexity index is 876. The molecule has 0 amide bonds. The van der Waals surface area contributed by atoms with Gasteiger partial charge in [0.1, 0.15) is 5.69 Å². The van der Waals surface area contributed by atoms with Crippen LogP contribution in [0.3, 0.4) is 0 Å². The third-order valence-corrected chi connectivity index (χ3v) is 5.35. The quantitative estimate of drug-likeness (QED) is 0.726. The number of aromatic nitrogens is 2. The van der Waals surface area contributed by atoms with E-state index >= 15 is 0 Å². The average Bonchev–Trinajstić information content (AvgIpc) is 3.00. The highest BCUT2D eigenvalue weighted by Crippen LogP contribution is 2.31. The lowest BCUT2D eigenvalue weighted by Crippen LogP contribution is -2.37. The van der Waals surface area contributed by atoms with Crippen molar-refractivity contribution in [2.45, 2.75) is 19.9 Å². The first-order valence-corrected chi connectivity index (χ1v) is 8.99. The predicted octanol–water partition coefficient (Wildman–Crippen LogP) is 3.94. The maximum absolute atomic E-state index is 5.46. The Morgan fingerprint density at radius 1 is 1.04 bits per heavy atom. The van der Waals surface area contributed by atoms with E-state index in [1.807, 2.05) is 11.7 Å². The molecule has 2 heterocycles. The van der Waals surface area contributed by atoms with Crippen LogP contribution >= 0.6 is 0 Å². The number of benzene rings is 2. The topological polar surface area (TPSA) is 30.3 Å². The molecule has 1 aliphatic heterocycles. The van der Waals surface area contributed by atoms with E-state index < -0.39 is 0 Å². The number of hydrogen-bond donors (Lipinski definition) is 0. The fourth-order valence-electron chi connectivity index (χ4n) is 3.78. The van der Waals surface area contributed by atoms with Crippen LogP contribution in [0.1, 0.15) is 24.1 Å². The molecular formula is C21H25N3O.